The number of nitrogens with one attached hydrogen (secondary N) is 1. The Morgan fingerprint density at radius 3 is 2.35 bits per heavy atom. The number of hydrogen-bond donors (Lipinski definition) is 1. The van der Waals surface area contributed by atoms with E-state index in [0.29, 0.717) is 17.9 Å². The number of halogens is 1. The second-order valence-electron chi connectivity index (χ2n) is 5.83. The predicted octanol–water partition coefficient (Wildman–Crippen LogP) is 5.37. The van der Waals surface area contributed by atoms with Gasteiger partial charge in [-0.2, -0.15) is 0 Å². The zero-order valence-corrected chi connectivity index (χ0v) is 16.1. The van der Waals surface area contributed by atoms with Gasteiger partial charge in [0.05, 0.1) is 12.6 Å². The summed E-state index contributed by atoms with van der Waals surface area (Å²) < 4.78 is 6.50. The van der Waals surface area contributed by atoms with Crippen molar-refractivity contribution in [3.05, 3.63) is 100 Å². The number of rotatable bonds is 6. The summed E-state index contributed by atoms with van der Waals surface area (Å²) in [5.74, 6) is 0.559. The van der Waals surface area contributed by atoms with Crippen molar-refractivity contribution >= 4 is 21.8 Å². The topological polar surface area (TPSA) is 38.3 Å². The molecule has 0 aliphatic rings. The highest BCUT2D eigenvalue weighted by atomic mass is 79.9. The number of hydrogen-bond acceptors (Lipinski definition) is 2. The highest BCUT2D eigenvalue weighted by Gasteiger charge is 2.18. The maximum absolute atomic E-state index is 12.8. The molecule has 0 saturated carbocycles. The fourth-order valence-electron chi connectivity index (χ4n) is 2.77. The molecule has 1 unspecified atom stereocenters. The average Bonchev–Trinajstić information content (AvgIpc) is 2.68. The minimum atomic E-state index is -0.229. The number of ether oxygens (including phenoxy) is 1. The van der Waals surface area contributed by atoms with E-state index in [2.05, 4.69) is 21.2 Å². The maximum Gasteiger partial charge on any atom is 0.252 e. The highest BCUT2D eigenvalue weighted by Crippen LogP contribution is 2.24. The van der Waals surface area contributed by atoms with Crippen molar-refractivity contribution < 1.29 is 9.53 Å². The van der Waals surface area contributed by atoms with Crippen LogP contribution in [0.15, 0.2) is 83.3 Å². The molecule has 0 saturated heterocycles. The van der Waals surface area contributed by atoms with Crippen LogP contribution in [0.4, 0.5) is 0 Å². The van der Waals surface area contributed by atoms with E-state index >= 15 is 0 Å². The Bertz CT molecular complexity index is 863. The second kappa shape index (κ2) is 8.68. The van der Waals surface area contributed by atoms with Gasteiger partial charge in [-0.15, -0.1) is 0 Å². The third-order valence-corrected chi connectivity index (χ3v) is 4.55. The first-order valence-electron chi connectivity index (χ1n) is 8.51. The molecule has 1 amide bonds. The summed E-state index contributed by atoms with van der Waals surface area (Å²) in [4.78, 5) is 12.8. The van der Waals surface area contributed by atoms with Crippen molar-refractivity contribution in [2.45, 2.75) is 13.0 Å². The van der Waals surface area contributed by atoms with E-state index in [1.54, 1.807) is 12.1 Å². The summed E-state index contributed by atoms with van der Waals surface area (Å²) in [6.07, 6.45) is 0. The Hall–Kier alpha value is -2.59. The Kier molecular flexibility index (Phi) is 6.08. The van der Waals surface area contributed by atoms with E-state index in [9.17, 15) is 4.79 Å². The van der Waals surface area contributed by atoms with E-state index in [4.69, 9.17) is 4.74 Å². The molecule has 0 aromatic heterocycles. The molecule has 3 aromatic rings. The van der Waals surface area contributed by atoms with Gasteiger partial charge in [0.1, 0.15) is 5.75 Å². The van der Waals surface area contributed by atoms with Crippen molar-refractivity contribution in [2.24, 2.45) is 0 Å². The average molecular weight is 410 g/mol. The molecule has 0 aliphatic carbocycles. The quantitative estimate of drug-likeness (QED) is 0.594. The van der Waals surface area contributed by atoms with Gasteiger partial charge in [0.2, 0.25) is 0 Å². The van der Waals surface area contributed by atoms with Crippen molar-refractivity contribution in [3.8, 4) is 5.75 Å². The first-order chi connectivity index (χ1) is 12.7. The number of carbonyl (C=O) groups excluding carboxylic acids is 1. The first kappa shape index (κ1) is 18.2. The minimum absolute atomic E-state index is 0.136. The predicted molar refractivity (Wildman–Crippen MR) is 108 cm³/mol. The van der Waals surface area contributed by atoms with E-state index in [0.717, 1.165) is 15.6 Å². The van der Waals surface area contributed by atoms with Crippen LogP contribution in [-0.2, 0) is 0 Å². The van der Waals surface area contributed by atoms with E-state index < -0.39 is 0 Å². The molecule has 0 bridgehead atoms. The van der Waals surface area contributed by atoms with Gasteiger partial charge in [0.25, 0.3) is 5.91 Å². The zero-order valence-electron chi connectivity index (χ0n) is 14.5. The van der Waals surface area contributed by atoms with Crippen LogP contribution < -0.4 is 10.1 Å². The molecule has 3 aromatic carbocycles. The highest BCUT2D eigenvalue weighted by molar-refractivity contribution is 9.10. The van der Waals surface area contributed by atoms with Gasteiger partial charge in [0, 0.05) is 10.0 Å². The fraction of sp³-hybridized carbons (Fsp3) is 0.136. The molecule has 0 heterocycles. The van der Waals surface area contributed by atoms with E-state index in [1.807, 2.05) is 73.7 Å². The largest absolute Gasteiger partial charge is 0.494 e. The lowest BCUT2D eigenvalue weighted by Crippen LogP contribution is -2.29. The lowest BCUT2D eigenvalue weighted by Gasteiger charge is -2.20. The molecule has 132 valence electrons. The monoisotopic (exact) mass is 409 g/mol. The van der Waals surface area contributed by atoms with Crippen LogP contribution in [0.1, 0.15) is 34.5 Å². The molecular formula is C22H20BrNO2. The lowest BCUT2D eigenvalue weighted by atomic mass is 9.98. The maximum atomic E-state index is 12.8. The Morgan fingerprint density at radius 2 is 1.65 bits per heavy atom. The number of amides is 1. The second-order valence-corrected chi connectivity index (χ2v) is 6.75. The molecule has 0 aliphatic heterocycles. The van der Waals surface area contributed by atoms with Crippen LogP contribution in [0.25, 0.3) is 0 Å². The third-order valence-electron chi connectivity index (χ3n) is 4.02. The molecule has 3 rings (SSSR count). The molecule has 0 radical (unpaired) electrons. The van der Waals surface area contributed by atoms with Crippen LogP contribution in [0.3, 0.4) is 0 Å². The Labute approximate surface area is 162 Å². The molecular weight excluding hydrogens is 390 g/mol. The van der Waals surface area contributed by atoms with Crippen molar-refractivity contribution in [2.75, 3.05) is 6.61 Å². The molecule has 4 heteroatoms. The fourth-order valence-corrected chi connectivity index (χ4v) is 3.03. The zero-order chi connectivity index (χ0) is 18.4. The van der Waals surface area contributed by atoms with Crippen LogP contribution in [0, 0.1) is 0 Å². The Balaban J connectivity index is 1.89. The van der Waals surface area contributed by atoms with Crippen LogP contribution in [0.5, 0.6) is 5.75 Å². The van der Waals surface area contributed by atoms with Gasteiger partial charge in [-0.3, -0.25) is 4.79 Å². The first-order valence-corrected chi connectivity index (χ1v) is 9.31. The van der Waals surface area contributed by atoms with E-state index in [-0.39, 0.29) is 11.9 Å². The molecule has 0 fully saturated rings. The van der Waals surface area contributed by atoms with Gasteiger partial charge in [-0.05, 0) is 48.4 Å². The van der Waals surface area contributed by atoms with Crippen molar-refractivity contribution in [3.63, 3.8) is 0 Å². The van der Waals surface area contributed by atoms with Gasteiger partial charge >= 0.3 is 0 Å². The van der Waals surface area contributed by atoms with Gasteiger partial charge in [0.15, 0.2) is 0 Å². The van der Waals surface area contributed by atoms with Gasteiger partial charge < -0.3 is 10.1 Å². The lowest BCUT2D eigenvalue weighted by molar-refractivity contribution is 0.0942. The SMILES string of the molecule is CCOc1cccc(C(=O)NC(c2ccccc2)c2ccc(Br)cc2)c1. The van der Waals surface area contributed by atoms with E-state index in [1.165, 1.54) is 0 Å². The normalized spacial score (nSPS) is 11.6. The number of carbonyl (C=O) groups is 1. The number of benzene rings is 3. The van der Waals surface area contributed by atoms with Crippen LogP contribution >= 0.6 is 15.9 Å². The summed E-state index contributed by atoms with van der Waals surface area (Å²) in [6.45, 7) is 2.49. The molecule has 26 heavy (non-hydrogen) atoms. The molecule has 3 nitrogen and oxygen atoms in total. The minimum Gasteiger partial charge on any atom is -0.494 e. The summed E-state index contributed by atoms with van der Waals surface area (Å²) in [7, 11) is 0. The molecule has 1 atom stereocenters. The smallest absolute Gasteiger partial charge is 0.252 e. The summed E-state index contributed by atoms with van der Waals surface area (Å²) in [5, 5.41) is 3.14. The molecule has 1 N–H and O–H groups in total. The third kappa shape index (κ3) is 4.52. The standard InChI is InChI=1S/C22H20BrNO2/c1-2-26-20-10-6-9-18(15-20)22(25)24-21(16-7-4-3-5-8-16)17-11-13-19(23)14-12-17/h3-15,21H,2H2,1H3,(H,24,25). The van der Waals surface area contributed by atoms with Gasteiger partial charge in [-0.1, -0.05) is 64.5 Å². The molecule has 0 spiro atoms. The Morgan fingerprint density at radius 1 is 0.962 bits per heavy atom. The summed E-state index contributed by atoms with van der Waals surface area (Å²) in [5.41, 5.74) is 2.63. The van der Waals surface area contributed by atoms with Gasteiger partial charge in [-0.25, -0.2) is 0 Å². The van der Waals surface area contributed by atoms with Crippen LogP contribution in [-0.4, -0.2) is 12.5 Å². The summed E-state index contributed by atoms with van der Waals surface area (Å²) >= 11 is 3.46. The van der Waals surface area contributed by atoms with Crippen LogP contribution in [0.2, 0.25) is 0 Å². The van der Waals surface area contributed by atoms with Crippen molar-refractivity contribution in [1.82, 2.24) is 5.32 Å². The summed E-state index contributed by atoms with van der Waals surface area (Å²) in [6, 6.07) is 24.9. The van der Waals surface area contributed by atoms with Crippen molar-refractivity contribution in [1.29, 1.82) is 0 Å².